The molecular weight excluding hydrogens is 516 g/mol. The summed E-state index contributed by atoms with van der Waals surface area (Å²) in [4.78, 5) is 9.79. The normalized spacial score (nSPS) is 14.2. The number of nitrogens with zero attached hydrogens (tertiary/aromatic N) is 2. The lowest BCUT2D eigenvalue weighted by molar-refractivity contribution is 0.443. The van der Waals surface area contributed by atoms with Gasteiger partial charge in [-0.15, -0.1) is 0 Å². The molecule has 4 nitrogen and oxygen atoms in total. The van der Waals surface area contributed by atoms with Gasteiger partial charge in [0.1, 0.15) is 11.5 Å². The highest BCUT2D eigenvalue weighted by molar-refractivity contribution is 5.86. The van der Waals surface area contributed by atoms with Crippen LogP contribution in [0, 0.1) is 0 Å². The fraction of sp³-hybridized carbons (Fsp3) is 0.474. The van der Waals surface area contributed by atoms with Crippen LogP contribution < -0.4 is 0 Å². The Morgan fingerprint density at radius 3 is 1.43 bits per heavy atom. The highest BCUT2D eigenvalue weighted by atomic mass is 16.3. The first-order chi connectivity index (χ1) is 19.2. The third kappa shape index (κ3) is 8.12. The van der Waals surface area contributed by atoms with Crippen LogP contribution in [0.15, 0.2) is 64.6 Å². The summed E-state index contributed by atoms with van der Waals surface area (Å²) in [5.41, 5.74) is 6.04. The summed E-state index contributed by atoms with van der Waals surface area (Å²) >= 11 is 0. The maximum Gasteiger partial charge on any atom is 0.128 e. The maximum atomic E-state index is 11.3. The lowest BCUT2D eigenvalue weighted by atomic mass is 9.79. The largest absolute Gasteiger partial charge is 0.507 e. The van der Waals surface area contributed by atoms with Gasteiger partial charge in [-0.25, -0.2) is 0 Å². The molecule has 42 heavy (non-hydrogen) atoms. The second-order valence-electron chi connectivity index (χ2n) is 15.6. The van der Waals surface area contributed by atoms with E-state index in [1.807, 2.05) is 30.3 Å². The average molecular weight is 569 g/mol. The van der Waals surface area contributed by atoms with E-state index < -0.39 is 0 Å². The summed E-state index contributed by atoms with van der Waals surface area (Å²) in [5, 5.41) is 22.5. The van der Waals surface area contributed by atoms with Crippen molar-refractivity contribution < 1.29 is 10.2 Å². The van der Waals surface area contributed by atoms with Gasteiger partial charge in [-0.05, 0) is 50.5 Å². The zero-order valence-corrected chi connectivity index (χ0v) is 27.9. The van der Waals surface area contributed by atoms with Gasteiger partial charge in [0.15, 0.2) is 0 Å². The fourth-order valence-corrected chi connectivity index (χ4v) is 4.86. The van der Waals surface area contributed by atoms with Crippen molar-refractivity contribution in [1.29, 1.82) is 0 Å². The Morgan fingerprint density at radius 2 is 1.02 bits per heavy atom. The first kappa shape index (κ1) is 33.1. The van der Waals surface area contributed by atoms with E-state index in [0.29, 0.717) is 17.7 Å². The van der Waals surface area contributed by atoms with Gasteiger partial charge in [0.05, 0.1) is 12.6 Å². The molecular formula is C38H52N2O2. The molecule has 0 unspecified atom stereocenters. The van der Waals surface area contributed by atoms with Crippen LogP contribution in [0.5, 0.6) is 11.5 Å². The molecule has 226 valence electrons. The Morgan fingerprint density at radius 1 is 0.595 bits per heavy atom. The van der Waals surface area contributed by atoms with Crippen LogP contribution in [0.1, 0.15) is 128 Å². The lowest BCUT2D eigenvalue weighted by Crippen LogP contribution is -2.17. The summed E-state index contributed by atoms with van der Waals surface area (Å²) in [6.07, 6.45) is 3.57. The molecule has 3 aromatic rings. The third-order valence-electron chi connectivity index (χ3n) is 7.71. The van der Waals surface area contributed by atoms with E-state index >= 15 is 0 Å². The quantitative estimate of drug-likeness (QED) is 0.291. The van der Waals surface area contributed by atoms with Crippen molar-refractivity contribution in [2.45, 2.75) is 111 Å². The highest BCUT2D eigenvalue weighted by Crippen LogP contribution is 2.38. The molecule has 0 bridgehead atoms. The second-order valence-corrected chi connectivity index (χ2v) is 15.6. The Hall–Kier alpha value is -3.40. The molecule has 2 N–H and O–H groups in total. The summed E-state index contributed by atoms with van der Waals surface area (Å²) < 4.78 is 0. The monoisotopic (exact) mass is 568 g/mol. The van der Waals surface area contributed by atoms with Crippen LogP contribution >= 0.6 is 0 Å². The van der Waals surface area contributed by atoms with E-state index in [9.17, 15) is 10.2 Å². The maximum absolute atomic E-state index is 11.3. The first-order valence-electron chi connectivity index (χ1n) is 15.0. The summed E-state index contributed by atoms with van der Waals surface area (Å²) in [6, 6.07) is 18.2. The number of hydrogen-bond donors (Lipinski definition) is 2. The number of benzene rings is 3. The second kappa shape index (κ2) is 12.1. The zero-order valence-electron chi connectivity index (χ0n) is 27.9. The number of rotatable bonds is 6. The molecule has 3 aromatic carbocycles. The van der Waals surface area contributed by atoms with Gasteiger partial charge in [0.25, 0.3) is 0 Å². The van der Waals surface area contributed by atoms with E-state index in [1.54, 1.807) is 12.4 Å². The van der Waals surface area contributed by atoms with Crippen LogP contribution in [0.3, 0.4) is 0 Å². The third-order valence-corrected chi connectivity index (χ3v) is 7.71. The van der Waals surface area contributed by atoms with E-state index in [2.05, 4.69) is 107 Å². The molecule has 0 fully saturated rings. The van der Waals surface area contributed by atoms with Crippen LogP contribution in [-0.2, 0) is 21.7 Å². The van der Waals surface area contributed by atoms with Crippen LogP contribution in [-0.4, -0.2) is 29.2 Å². The molecule has 3 rings (SSSR count). The number of aromatic hydroxyl groups is 2. The standard InChI is InChI=1S/C38H52N2O2/c1-35(2,3)28-18-26(33(41)30(20-28)37(7,8)9)22-39-24-32(25-16-14-13-15-17-25)40-23-27-19-29(36(4,5)6)21-31(34(27)42)38(10,11)12/h13-23,32,41-42H,24H2,1-12H3/t32-/m1/s1. The number of phenols is 2. The summed E-state index contributed by atoms with van der Waals surface area (Å²) in [5.74, 6) is 0.547. The van der Waals surface area contributed by atoms with Gasteiger partial charge in [0, 0.05) is 34.7 Å². The Bertz CT molecular complexity index is 1440. The molecule has 4 heteroatoms. The molecule has 0 aliphatic rings. The number of aliphatic imine (C=N–C) groups is 2. The van der Waals surface area contributed by atoms with Gasteiger partial charge in [0.2, 0.25) is 0 Å². The Labute approximate surface area is 254 Å². The van der Waals surface area contributed by atoms with Gasteiger partial charge < -0.3 is 10.2 Å². The fourth-order valence-electron chi connectivity index (χ4n) is 4.86. The van der Waals surface area contributed by atoms with Crippen LogP contribution in [0.25, 0.3) is 0 Å². The van der Waals surface area contributed by atoms with Crippen molar-refractivity contribution in [3.8, 4) is 11.5 Å². The predicted octanol–water partition coefficient (Wildman–Crippen LogP) is 9.57. The highest BCUT2D eigenvalue weighted by Gasteiger charge is 2.26. The Balaban J connectivity index is 2.06. The van der Waals surface area contributed by atoms with E-state index in [0.717, 1.165) is 27.8 Å². The molecule has 0 aliphatic heterocycles. The minimum atomic E-state index is -0.256. The van der Waals surface area contributed by atoms with Crippen molar-refractivity contribution in [2.24, 2.45) is 9.98 Å². The molecule has 0 saturated heterocycles. The van der Waals surface area contributed by atoms with E-state index in [-0.39, 0.29) is 39.2 Å². The van der Waals surface area contributed by atoms with Gasteiger partial charge in [-0.2, -0.15) is 0 Å². The molecule has 0 aliphatic carbocycles. The van der Waals surface area contributed by atoms with Gasteiger partial charge in [-0.3, -0.25) is 9.98 Å². The van der Waals surface area contributed by atoms with Crippen LogP contribution in [0.2, 0.25) is 0 Å². The summed E-state index contributed by atoms with van der Waals surface area (Å²) in [6.45, 7) is 26.2. The molecule has 0 radical (unpaired) electrons. The average Bonchev–Trinajstić information content (AvgIpc) is 2.85. The number of phenolic OH excluding ortho intramolecular Hbond substituents is 2. The SMILES string of the molecule is CC(C)(C)c1cc(C=NC[C@@H](N=Cc2cc(C(C)(C)C)cc(C(C)(C)C)c2O)c2ccccc2)c(O)c(C(C)(C)C)c1. The Kier molecular flexibility index (Phi) is 9.51. The zero-order chi connectivity index (χ0) is 31.7. The molecule has 0 amide bonds. The van der Waals surface area contributed by atoms with Crippen molar-refractivity contribution in [3.63, 3.8) is 0 Å². The van der Waals surface area contributed by atoms with Crippen molar-refractivity contribution in [3.05, 3.63) is 93.5 Å². The van der Waals surface area contributed by atoms with Gasteiger partial charge in [-0.1, -0.05) is 126 Å². The van der Waals surface area contributed by atoms with Crippen molar-refractivity contribution in [2.75, 3.05) is 6.54 Å². The minimum Gasteiger partial charge on any atom is -0.507 e. The van der Waals surface area contributed by atoms with E-state index in [4.69, 9.17) is 9.98 Å². The molecule has 0 spiro atoms. The smallest absolute Gasteiger partial charge is 0.128 e. The van der Waals surface area contributed by atoms with Gasteiger partial charge >= 0.3 is 0 Å². The molecule has 0 saturated carbocycles. The summed E-state index contributed by atoms with van der Waals surface area (Å²) in [7, 11) is 0. The number of hydrogen-bond acceptors (Lipinski definition) is 4. The lowest BCUT2D eigenvalue weighted by Gasteiger charge is -2.27. The predicted molar refractivity (Wildman–Crippen MR) is 180 cm³/mol. The van der Waals surface area contributed by atoms with Crippen molar-refractivity contribution >= 4 is 12.4 Å². The molecule has 0 aromatic heterocycles. The van der Waals surface area contributed by atoms with Crippen LogP contribution in [0.4, 0.5) is 0 Å². The molecule has 0 heterocycles. The van der Waals surface area contributed by atoms with E-state index in [1.165, 1.54) is 0 Å². The van der Waals surface area contributed by atoms with Crippen molar-refractivity contribution in [1.82, 2.24) is 0 Å². The minimum absolute atomic E-state index is 0.0668. The first-order valence-corrected chi connectivity index (χ1v) is 15.0. The topological polar surface area (TPSA) is 65.2 Å². The molecule has 1 atom stereocenters.